The summed E-state index contributed by atoms with van der Waals surface area (Å²) >= 11 is 0. The van der Waals surface area contributed by atoms with Crippen molar-refractivity contribution in [3.05, 3.63) is 29.6 Å². The predicted octanol–water partition coefficient (Wildman–Crippen LogP) is 3.28. The largest absolute Gasteiger partial charge is 0.376 e. The normalized spacial score (nSPS) is 17.7. The molecule has 3 rings (SSSR count). The Labute approximate surface area is 142 Å². The molecule has 2 aromatic rings. The average Bonchev–Trinajstić information content (AvgIpc) is 2.57. The van der Waals surface area contributed by atoms with E-state index in [1.165, 1.54) is 6.42 Å². The van der Waals surface area contributed by atoms with E-state index in [0.29, 0.717) is 6.54 Å². The molecule has 128 valence electrons. The molecule has 1 atom stereocenters. The van der Waals surface area contributed by atoms with Crippen molar-refractivity contribution in [1.29, 1.82) is 0 Å². The number of amides is 2. The van der Waals surface area contributed by atoms with E-state index in [1.807, 2.05) is 32.0 Å². The number of benzene rings is 1. The molecule has 0 saturated carbocycles. The smallest absolute Gasteiger partial charge is 0.321 e. The second kappa shape index (κ2) is 7.13. The number of aromatic nitrogens is 2. The summed E-state index contributed by atoms with van der Waals surface area (Å²) in [6.45, 7) is 5.28. The average molecular weight is 328 g/mol. The van der Waals surface area contributed by atoms with E-state index in [4.69, 9.17) is 4.74 Å². The number of fused-ring (bicyclic) bond motifs is 1. The van der Waals surface area contributed by atoms with Crippen LogP contribution in [0.1, 0.15) is 30.7 Å². The van der Waals surface area contributed by atoms with E-state index in [-0.39, 0.29) is 12.1 Å². The molecule has 0 spiro atoms. The third-order valence-corrected chi connectivity index (χ3v) is 4.42. The Morgan fingerprint density at radius 2 is 2.00 bits per heavy atom. The van der Waals surface area contributed by atoms with Crippen LogP contribution in [0.4, 0.5) is 10.5 Å². The quantitative estimate of drug-likeness (QED) is 0.939. The number of hydrogen-bond acceptors (Lipinski definition) is 4. The number of carbonyl (C=O) groups excluding carboxylic acids is 1. The fraction of sp³-hybridized carbons (Fsp3) is 0.500. The van der Waals surface area contributed by atoms with Gasteiger partial charge < -0.3 is 15.0 Å². The van der Waals surface area contributed by atoms with Crippen molar-refractivity contribution >= 4 is 22.8 Å². The van der Waals surface area contributed by atoms with Crippen molar-refractivity contribution in [1.82, 2.24) is 14.9 Å². The molecule has 1 aliphatic heterocycles. The molecule has 1 aromatic heterocycles. The molecule has 1 saturated heterocycles. The minimum Gasteiger partial charge on any atom is -0.376 e. The Balaban J connectivity index is 1.67. The van der Waals surface area contributed by atoms with Crippen molar-refractivity contribution < 1.29 is 9.53 Å². The highest BCUT2D eigenvalue weighted by Crippen LogP contribution is 2.18. The van der Waals surface area contributed by atoms with Crippen LogP contribution >= 0.6 is 0 Å². The van der Waals surface area contributed by atoms with Crippen molar-refractivity contribution in [2.24, 2.45) is 0 Å². The third-order valence-electron chi connectivity index (χ3n) is 4.42. The van der Waals surface area contributed by atoms with Gasteiger partial charge in [0.25, 0.3) is 0 Å². The van der Waals surface area contributed by atoms with Crippen LogP contribution in [0.2, 0.25) is 0 Å². The summed E-state index contributed by atoms with van der Waals surface area (Å²) < 4.78 is 5.69. The van der Waals surface area contributed by atoms with E-state index in [2.05, 4.69) is 15.3 Å². The molecule has 6 nitrogen and oxygen atoms in total. The first kappa shape index (κ1) is 16.6. The van der Waals surface area contributed by atoms with Gasteiger partial charge in [-0.15, -0.1) is 0 Å². The standard InChI is InChI=1S/C18H24N4O2/c1-12-13(2)20-17-10-14(7-8-16(17)19-12)21-18(23)22(3)11-15-6-4-5-9-24-15/h7-8,10,15H,4-6,9,11H2,1-3H3,(H,21,23). The molecule has 0 radical (unpaired) electrons. The first-order valence-electron chi connectivity index (χ1n) is 8.41. The van der Waals surface area contributed by atoms with Gasteiger partial charge in [0.15, 0.2) is 0 Å². The monoisotopic (exact) mass is 328 g/mol. The summed E-state index contributed by atoms with van der Waals surface area (Å²) in [4.78, 5) is 23.1. The van der Waals surface area contributed by atoms with Gasteiger partial charge in [-0.3, -0.25) is 0 Å². The van der Waals surface area contributed by atoms with Crippen LogP contribution in [-0.2, 0) is 4.74 Å². The zero-order chi connectivity index (χ0) is 17.1. The van der Waals surface area contributed by atoms with Gasteiger partial charge in [0.2, 0.25) is 0 Å². The summed E-state index contributed by atoms with van der Waals surface area (Å²) in [6.07, 6.45) is 3.44. The Kier molecular flexibility index (Phi) is 4.94. The van der Waals surface area contributed by atoms with Gasteiger partial charge in [0, 0.05) is 25.9 Å². The highest BCUT2D eigenvalue weighted by molar-refractivity contribution is 5.91. The molecule has 1 aromatic carbocycles. The molecule has 2 amide bonds. The SMILES string of the molecule is Cc1nc2ccc(NC(=O)N(C)CC3CCCCO3)cc2nc1C. The predicted molar refractivity (Wildman–Crippen MR) is 94.3 cm³/mol. The molecule has 2 heterocycles. The molecule has 1 unspecified atom stereocenters. The van der Waals surface area contributed by atoms with Crippen LogP contribution in [0.5, 0.6) is 0 Å². The van der Waals surface area contributed by atoms with E-state index >= 15 is 0 Å². The molecule has 0 bridgehead atoms. The van der Waals surface area contributed by atoms with Crippen LogP contribution in [-0.4, -0.2) is 47.2 Å². The van der Waals surface area contributed by atoms with Crippen molar-refractivity contribution in [3.63, 3.8) is 0 Å². The lowest BCUT2D eigenvalue weighted by Crippen LogP contribution is -2.39. The Hall–Kier alpha value is -2.21. The maximum Gasteiger partial charge on any atom is 0.321 e. The number of nitrogens with one attached hydrogen (secondary N) is 1. The lowest BCUT2D eigenvalue weighted by atomic mass is 10.1. The fourth-order valence-corrected chi connectivity index (χ4v) is 2.87. The number of urea groups is 1. The first-order valence-corrected chi connectivity index (χ1v) is 8.41. The van der Waals surface area contributed by atoms with E-state index < -0.39 is 0 Å². The van der Waals surface area contributed by atoms with Crippen molar-refractivity contribution in [3.8, 4) is 0 Å². The Morgan fingerprint density at radius 1 is 1.25 bits per heavy atom. The van der Waals surface area contributed by atoms with Crippen LogP contribution in [0.3, 0.4) is 0 Å². The van der Waals surface area contributed by atoms with Gasteiger partial charge in [0.1, 0.15) is 0 Å². The van der Waals surface area contributed by atoms with Crippen LogP contribution in [0.25, 0.3) is 11.0 Å². The number of likely N-dealkylation sites (N-methyl/N-ethyl adjacent to an activating group) is 1. The zero-order valence-corrected chi connectivity index (χ0v) is 14.5. The number of rotatable bonds is 3. The van der Waals surface area contributed by atoms with Gasteiger partial charge in [-0.2, -0.15) is 0 Å². The third kappa shape index (κ3) is 3.82. The minimum absolute atomic E-state index is 0.139. The van der Waals surface area contributed by atoms with Crippen LogP contribution in [0.15, 0.2) is 18.2 Å². The molecule has 1 aliphatic rings. The summed E-state index contributed by atoms with van der Waals surface area (Å²) in [6, 6.07) is 5.46. The van der Waals surface area contributed by atoms with E-state index in [0.717, 1.165) is 47.6 Å². The number of ether oxygens (including phenoxy) is 1. The minimum atomic E-state index is -0.139. The highest BCUT2D eigenvalue weighted by Gasteiger charge is 2.19. The first-order chi connectivity index (χ1) is 11.5. The topological polar surface area (TPSA) is 67.4 Å². The van der Waals surface area contributed by atoms with Gasteiger partial charge in [-0.25, -0.2) is 14.8 Å². The Morgan fingerprint density at radius 3 is 2.71 bits per heavy atom. The molecule has 6 heteroatoms. The van der Waals surface area contributed by atoms with E-state index in [1.54, 1.807) is 11.9 Å². The molecule has 24 heavy (non-hydrogen) atoms. The van der Waals surface area contributed by atoms with Crippen LogP contribution in [0, 0.1) is 13.8 Å². The van der Waals surface area contributed by atoms with Gasteiger partial charge in [-0.1, -0.05) is 0 Å². The Bertz CT molecular complexity index is 741. The molecule has 1 N–H and O–H groups in total. The van der Waals surface area contributed by atoms with E-state index in [9.17, 15) is 4.79 Å². The number of anilines is 1. The number of nitrogens with zero attached hydrogens (tertiary/aromatic N) is 3. The second-order valence-corrected chi connectivity index (χ2v) is 6.40. The number of hydrogen-bond donors (Lipinski definition) is 1. The van der Waals surface area contributed by atoms with Crippen molar-refractivity contribution in [2.45, 2.75) is 39.2 Å². The summed E-state index contributed by atoms with van der Waals surface area (Å²) in [5, 5.41) is 2.92. The number of aryl methyl sites for hydroxylation is 2. The maximum atomic E-state index is 12.4. The molecular weight excluding hydrogens is 304 g/mol. The summed E-state index contributed by atoms with van der Waals surface area (Å²) in [7, 11) is 1.79. The van der Waals surface area contributed by atoms with Gasteiger partial charge >= 0.3 is 6.03 Å². The van der Waals surface area contributed by atoms with Gasteiger partial charge in [-0.05, 0) is 51.3 Å². The number of carbonyl (C=O) groups is 1. The summed E-state index contributed by atoms with van der Waals surface area (Å²) in [5.41, 5.74) is 4.17. The summed E-state index contributed by atoms with van der Waals surface area (Å²) in [5.74, 6) is 0. The highest BCUT2D eigenvalue weighted by atomic mass is 16.5. The lowest BCUT2D eigenvalue weighted by Gasteiger charge is -2.27. The van der Waals surface area contributed by atoms with Crippen LogP contribution < -0.4 is 5.32 Å². The molecule has 1 fully saturated rings. The maximum absolute atomic E-state index is 12.4. The molecular formula is C18H24N4O2. The second-order valence-electron chi connectivity index (χ2n) is 6.40. The molecule has 0 aliphatic carbocycles. The van der Waals surface area contributed by atoms with Gasteiger partial charge in [0.05, 0.1) is 28.5 Å². The lowest BCUT2D eigenvalue weighted by molar-refractivity contribution is 0.00463. The van der Waals surface area contributed by atoms with Crippen molar-refractivity contribution in [2.75, 3.05) is 25.5 Å². The fourth-order valence-electron chi connectivity index (χ4n) is 2.87. The zero-order valence-electron chi connectivity index (χ0n) is 14.5.